The Bertz CT molecular complexity index is 459. The number of ether oxygens (including phenoxy) is 2. The largest absolute Gasteiger partial charge is 0.497 e. The number of benzene rings is 1. The average Bonchev–Trinajstić information content (AvgIpc) is 2.40. The molecule has 4 heteroatoms. The van der Waals surface area contributed by atoms with Crippen LogP contribution in [0.15, 0.2) is 18.2 Å². The van der Waals surface area contributed by atoms with Gasteiger partial charge < -0.3 is 15.2 Å². The molecule has 0 saturated heterocycles. The molecule has 2 unspecified atom stereocenters. The van der Waals surface area contributed by atoms with E-state index in [0.717, 1.165) is 19.3 Å². The lowest BCUT2D eigenvalue weighted by molar-refractivity contribution is 0.00479. The van der Waals surface area contributed by atoms with Gasteiger partial charge in [-0.2, -0.15) is 0 Å². The number of hydrogen-bond acceptors (Lipinski definition) is 4. The van der Waals surface area contributed by atoms with Crippen LogP contribution in [0.25, 0.3) is 0 Å². The number of rotatable bonds is 3. The number of nitrogen functional groups attached to an aromatic ring is 1. The first-order valence-corrected chi connectivity index (χ1v) is 6.75. The maximum absolute atomic E-state index is 12.1. The summed E-state index contributed by atoms with van der Waals surface area (Å²) in [5.41, 5.74) is 6.70. The van der Waals surface area contributed by atoms with Gasteiger partial charge in [0.15, 0.2) is 0 Å². The molecule has 19 heavy (non-hydrogen) atoms. The molecule has 0 aromatic heterocycles. The van der Waals surface area contributed by atoms with Gasteiger partial charge in [0.25, 0.3) is 0 Å². The number of carbonyl (C=O) groups is 1. The minimum absolute atomic E-state index is 0.0219. The van der Waals surface area contributed by atoms with Crippen LogP contribution in [0.4, 0.5) is 5.69 Å². The summed E-state index contributed by atoms with van der Waals surface area (Å²) >= 11 is 0. The summed E-state index contributed by atoms with van der Waals surface area (Å²) in [5.74, 6) is 0.689. The molecule has 2 N–H and O–H groups in total. The molecule has 1 aromatic carbocycles. The Balaban J connectivity index is 2.08. The van der Waals surface area contributed by atoms with Gasteiger partial charge >= 0.3 is 5.97 Å². The molecule has 0 bridgehead atoms. The average molecular weight is 263 g/mol. The van der Waals surface area contributed by atoms with Crippen LogP contribution in [0, 0.1) is 5.92 Å². The molecule has 2 atom stereocenters. The Morgan fingerprint density at radius 1 is 1.26 bits per heavy atom. The van der Waals surface area contributed by atoms with Gasteiger partial charge in [0, 0.05) is 11.8 Å². The molecule has 0 spiro atoms. The van der Waals surface area contributed by atoms with Crippen LogP contribution in [0.5, 0.6) is 5.75 Å². The van der Waals surface area contributed by atoms with E-state index in [1.165, 1.54) is 6.42 Å². The van der Waals surface area contributed by atoms with Crippen LogP contribution >= 0.6 is 0 Å². The van der Waals surface area contributed by atoms with Gasteiger partial charge in [-0.25, -0.2) is 4.79 Å². The van der Waals surface area contributed by atoms with Crippen molar-refractivity contribution in [3.05, 3.63) is 23.8 Å². The predicted octanol–water partition coefficient (Wildman–Crippen LogP) is 3.01. The SMILES string of the molecule is COc1cc(N)cc(C(=O)OC2CCCCC2C)c1. The number of esters is 1. The van der Waals surface area contributed by atoms with Crippen molar-refractivity contribution in [2.75, 3.05) is 12.8 Å². The highest BCUT2D eigenvalue weighted by atomic mass is 16.5. The molecule has 1 fully saturated rings. The fourth-order valence-corrected chi connectivity index (χ4v) is 2.52. The summed E-state index contributed by atoms with van der Waals surface area (Å²) in [6.07, 6.45) is 4.45. The Morgan fingerprint density at radius 2 is 2.00 bits per heavy atom. The molecule has 0 heterocycles. The first-order chi connectivity index (χ1) is 9.10. The van der Waals surface area contributed by atoms with Crippen LogP contribution in [-0.2, 0) is 4.74 Å². The molecule has 2 rings (SSSR count). The smallest absolute Gasteiger partial charge is 0.338 e. The number of nitrogens with two attached hydrogens (primary N) is 1. The third-order valence-electron chi connectivity index (χ3n) is 3.69. The third kappa shape index (κ3) is 3.40. The zero-order chi connectivity index (χ0) is 13.8. The highest BCUT2D eigenvalue weighted by molar-refractivity contribution is 5.91. The van der Waals surface area contributed by atoms with Crippen molar-refractivity contribution in [3.63, 3.8) is 0 Å². The van der Waals surface area contributed by atoms with Gasteiger partial charge in [0.1, 0.15) is 11.9 Å². The highest BCUT2D eigenvalue weighted by Crippen LogP contribution is 2.28. The summed E-state index contributed by atoms with van der Waals surface area (Å²) < 4.78 is 10.7. The second-order valence-electron chi connectivity index (χ2n) is 5.20. The summed E-state index contributed by atoms with van der Waals surface area (Å²) in [4.78, 5) is 12.1. The summed E-state index contributed by atoms with van der Waals surface area (Å²) in [5, 5.41) is 0. The van der Waals surface area contributed by atoms with Gasteiger partial charge in [0.05, 0.1) is 12.7 Å². The summed E-state index contributed by atoms with van der Waals surface area (Å²) in [6, 6.07) is 4.96. The zero-order valence-corrected chi connectivity index (χ0v) is 11.5. The lowest BCUT2D eigenvalue weighted by Gasteiger charge is -2.28. The topological polar surface area (TPSA) is 61.5 Å². The zero-order valence-electron chi connectivity index (χ0n) is 11.5. The van der Waals surface area contributed by atoms with E-state index >= 15 is 0 Å². The Labute approximate surface area is 113 Å². The Kier molecular flexibility index (Phi) is 4.30. The maximum atomic E-state index is 12.1. The van der Waals surface area contributed by atoms with E-state index in [9.17, 15) is 4.79 Å². The molecule has 1 aliphatic rings. The number of carbonyl (C=O) groups excluding carboxylic acids is 1. The van der Waals surface area contributed by atoms with Gasteiger partial charge in [-0.05, 0) is 37.3 Å². The molecule has 0 aliphatic heterocycles. The quantitative estimate of drug-likeness (QED) is 0.672. The van der Waals surface area contributed by atoms with Gasteiger partial charge in [-0.1, -0.05) is 13.3 Å². The maximum Gasteiger partial charge on any atom is 0.338 e. The van der Waals surface area contributed by atoms with Crippen LogP contribution in [0.1, 0.15) is 43.0 Å². The molecule has 4 nitrogen and oxygen atoms in total. The van der Waals surface area contributed by atoms with Crippen molar-refractivity contribution in [3.8, 4) is 5.75 Å². The normalized spacial score (nSPS) is 22.8. The second-order valence-corrected chi connectivity index (χ2v) is 5.20. The Morgan fingerprint density at radius 3 is 2.68 bits per heavy atom. The van der Waals surface area contributed by atoms with Crippen molar-refractivity contribution in [1.29, 1.82) is 0 Å². The van der Waals surface area contributed by atoms with Crippen molar-refractivity contribution in [1.82, 2.24) is 0 Å². The van der Waals surface area contributed by atoms with Gasteiger partial charge in [-0.15, -0.1) is 0 Å². The fourth-order valence-electron chi connectivity index (χ4n) is 2.52. The van der Waals surface area contributed by atoms with Crippen LogP contribution in [-0.4, -0.2) is 19.2 Å². The predicted molar refractivity (Wildman–Crippen MR) is 74.2 cm³/mol. The number of hydrogen-bond donors (Lipinski definition) is 1. The second kappa shape index (κ2) is 5.95. The van der Waals surface area contributed by atoms with E-state index in [2.05, 4.69) is 6.92 Å². The van der Waals surface area contributed by atoms with Crippen molar-refractivity contribution in [2.24, 2.45) is 5.92 Å². The molecule has 1 aliphatic carbocycles. The lowest BCUT2D eigenvalue weighted by atomic mass is 9.88. The molecular weight excluding hydrogens is 242 g/mol. The molecule has 104 valence electrons. The van der Waals surface area contributed by atoms with Crippen LogP contribution in [0.2, 0.25) is 0 Å². The molecular formula is C15H21NO3. The summed E-state index contributed by atoms with van der Waals surface area (Å²) in [6.45, 7) is 2.14. The van der Waals surface area contributed by atoms with E-state index in [1.54, 1.807) is 25.3 Å². The van der Waals surface area contributed by atoms with E-state index in [1.807, 2.05) is 0 Å². The highest BCUT2D eigenvalue weighted by Gasteiger charge is 2.25. The molecule has 0 amide bonds. The molecule has 1 aromatic rings. The van der Waals surface area contributed by atoms with Crippen molar-refractivity contribution >= 4 is 11.7 Å². The fraction of sp³-hybridized carbons (Fsp3) is 0.533. The molecule has 1 saturated carbocycles. The number of methoxy groups -OCH3 is 1. The van der Waals surface area contributed by atoms with Crippen molar-refractivity contribution < 1.29 is 14.3 Å². The molecule has 0 radical (unpaired) electrons. The van der Waals surface area contributed by atoms with Crippen LogP contribution < -0.4 is 10.5 Å². The standard InChI is InChI=1S/C15H21NO3/c1-10-5-3-4-6-14(10)19-15(17)11-7-12(16)9-13(8-11)18-2/h7-10,14H,3-6,16H2,1-2H3. The van der Waals surface area contributed by atoms with E-state index in [4.69, 9.17) is 15.2 Å². The minimum Gasteiger partial charge on any atom is -0.497 e. The Hall–Kier alpha value is -1.71. The minimum atomic E-state index is -0.315. The van der Waals surface area contributed by atoms with E-state index < -0.39 is 0 Å². The first-order valence-electron chi connectivity index (χ1n) is 6.75. The third-order valence-corrected chi connectivity index (χ3v) is 3.69. The van der Waals surface area contributed by atoms with Crippen LogP contribution in [0.3, 0.4) is 0 Å². The van der Waals surface area contributed by atoms with Gasteiger partial charge in [-0.3, -0.25) is 0 Å². The van der Waals surface area contributed by atoms with E-state index in [-0.39, 0.29) is 12.1 Å². The lowest BCUT2D eigenvalue weighted by Crippen LogP contribution is -2.28. The first kappa shape index (κ1) is 13.7. The van der Waals surface area contributed by atoms with Gasteiger partial charge in [0.2, 0.25) is 0 Å². The van der Waals surface area contributed by atoms with Crippen molar-refractivity contribution in [2.45, 2.75) is 38.7 Å². The number of anilines is 1. The monoisotopic (exact) mass is 263 g/mol. The van der Waals surface area contributed by atoms with E-state index in [0.29, 0.717) is 22.9 Å². The summed E-state index contributed by atoms with van der Waals surface area (Å²) in [7, 11) is 1.55.